The van der Waals surface area contributed by atoms with Crippen LogP contribution in [-0.4, -0.2) is 0 Å². The maximum atomic E-state index is 2.43. The predicted molar refractivity (Wildman–Crippen MR) is 171 cm³/mol. The fourth-order valence-corrected chi connectivity index (χ4v) is 7.27. The zero-order valence-electron chi connectivity index (χ0n) is 22.0. The van der Waals surface area contributed by atoms with Crippen molar-refractivity contribution in [1.82, 2.24) is 0 Å². The molecule has 0 saturated carbocycles. The van der Waals surface area contributed by atoms with E-state index < -0.39 is 0 Å². The van der Waals surface area contributed by atoms with Crippen molar-refractivity contribution in [2.75, 3.05) is 0 Å². The van der Waals surface area contributed by atoms with Gasteiger partial charge in [-0.3, -0.25) is 0 Å². The predicted octanol–water partition coefficient (Wildman–Crippen LogP) is 11.4. The van der Waals surface area contributed by atoms with Crippen molar-refractivity contribution >= 4 is 53.7 Å². The van der Waals surface area contributed by atoms with E-state index in [2.05, 4.69) is 135 Å². The Morgan fingerprint density at radius 1 is 0.436 bits per heavy atom. The van der Waals surface area contributed by atoms with Crippen LogP contribution in [0.25, 0.3) is 75.1 Å². The highest BCUT2D eigenvalue weighted by Gasteiger charge is 2.19. The maximum Gasteiger partial charge on any atom is 0.0361 e. The van der Waals surface area contributed by atoms with Crippen molar-refractivity contribution in [1.29, 1.82) is 0 Å². The van der Waals surface area contributed by atoms with E-state index in [0.717, 1.165) is 0 Å². The van der Waals surface area contributed by atoms with Crippen LogP contribution in [0.4, 0.5) is 0 Å². The van der Waals surface area contributed by atoms with Crippen LogP contribution >= 0.6 is 11.3 Å². The van der Waals surface area contributed by atoms with Crippen molar-refractivity contribution in [3.05, 3.63) is 132 Å². The van der Waals surface area contributed by atoms with Gasteiger partial charge in [0.25, 0.3) is 0 Å². The molecule has 8 aromatic rings. The summed E-state index contributed by atoms with van der Waals surface area (Å²) in [5.41, 5.74) is 9.00. The Bertz CT molecular complexity index is 2130. The smallest absolute Gasteiger partial charge is 0.0361 e. The Hall–Kier alpha value is -4.46. The van der Waals surface area contributed by atoms with Gasteiger partial charge in [0.15, 0.2) is 0 Å². The lowest BCUT2D eigenvalue weighted by atomic mass is 9.85. The van der Waals surface area contributed by atoms with Gasteiger partial charge in [-0.05, 0) is 92.0 Å². The highest BCUT2D eigenvalue weighted by Crippen LogP contribution is 2.47. The highest BCUT2D eigenvalue weighted by molar-refractivity contribution is 7.22. The van der Waals surface area contributed by atoms with Crippen LogP contribution in [0.1, 0.15) is 11.1 Å². The van der Waals surface area contributed by atoms with Crippen LogP contribution < -0.4 is 0 Å². The van der Waals surface area contributed by atoms with Crippen molar-refractivity contribution in [2.45, 2.75) is 13.8 Å². The van der Waals surface area contributed by atoms with Gasteiger partial charge in [-0.2, -0.15) is 0 Å². The molecule has 0 spiro atoms. The van der Waals surface area contributed by atoms with Gasteiger partial charge in [0, 0.05) is 15.1 Å². The molecule has 0 aliphatic carbocycles. The molecule has 184 valence electrons. The summed E-state index contributed by atoms with van der Waals surface area (Å²) >= 11 is 1.89. The molecular formula is C38H26S. The number of thiophene rings is 1. The van der Waals surface area contributed by atoms with Gasteiger partial charge >= 0.3 is 0 Å². The molecular weight excluding hydrogens is 488 g/mol. The molecule has 0 N–H and O–H groups in total. The summed E-state index contributed by atoms with van der Waals surface area (Å²) in [4.78, 5) is 1.32. The topological polar surface area (TPSA) is 0 Å². The summed E-state index contributed by atoms with van der Waals surface area (Å²) < 4.78 is 1.33. The lowest BCUT2D eigenvalue weighted by molar-refractivity contribution is 1.47. The molecule has 0 amide bonds. The lowest BCUT2D eigenvalue weighted by Gasteiger charge is -2.19. The van der Waals surface area contributed by atoms with E-state index in [-0.39, 0.29) is 0 Å². The van der Waals surface area contributed by atoms with E-state index >= 15 is 0 Å². The molecule has 39 heavy (non-hydrogen) atoms. The number of aryl methyl sites for hydroxylation is 2. The summed E-state index contributed by atoms with van der Waals surface area (Å²) in [6.07, 6.45) is 0. The zero-order chi connectivity index (χ0) is 26.1. The summed E-state index contributed by atoms with van der Waals surface area (Å²) in [6, 6.07) is 45.4. The summed E-state index contributed by atoms with van der Waals surface area (Å²) in [6.45, 7) is 4.30. The lowest BCUT2D eigenvalue weighted by Crippen LogP contribution is -1.92. The Labute approximate surface area is 232 Å². The molecule has 0 nitrogen and oxygen atoms in total. The van der Waals surface area contributed by atoms with Crippen LogP contribution in [0.3, 0.4) is 0 Å². The maximum absolute atomic E-state index is 2.43. The third-order valence-electron chi connectivity index (χ3n) is 8.20. The second kappa shape index (κ2) is 8.53. The third kappa shape index (κ3) is 3.51. The molecule has 0 saturated heterocycles. The van der Waals surface area contributed by atoms with E-state index in [9.17, 15) is 0 Å². The molecule has 7 aromatic carbocycles. The molecule has 0 radical (unpaired) electrons. The Morgan fingerprint density at radius 3 is 1.74 bits per heavy atom. The van der Waals surface area contributed by atoms with Gasteiger partial charge in [0.1, 0.15) is 0 Å². The molecule has 0 aliphatic rings. The third-order valence-corrected chi connectivity index (χ3v) is 9.35. The SMILES string of the molecule is Cc1ccc(-c2ccc3ccc4c(-c5ccc(C)cc5)cc(-c5cc6ccccc6s5)c5ccc2c3c45)cc1. The number of hydrogen-bond donors (Lipinski definition) is 0. The average Bonchev–Trinajstić information content (AvgIpc) is 3.41. The van der Waals surface area contributed by atoms with E-state index in [4.69, 9.17) is 0 Å². The number of benzene rings is 7. The molecule has 0 atom stereocenters. The first-order chi connectivity index (χ1) is 19.1. The first-order valence-corrected chi connectivity index (χ1v) is 14.3. The van der Waals surface area contributed by atoms with Crippen LogP contribution in [0.2, 0.25) is 0 Å². The Morgan fingerprint density at radius 2 is 1.03 bits per heavy atom. The molecule has 0 unspecified atom stereocenters. The Kier molecular flexibility index (Phi) is 4.92. The van der Waals surface area contributed by atoms with Crippen LogP contribution in [0, 0.1) is 13.8 Å². The molecule has 1 heterocycles. The van der Waals surface area contributed by atoms with Crippen LogP contribution in [-0.2, 0) is 0 Å². The minimum atomic E-state index is 1.26. The van der Waals surface area contributed by atoms with Crippen LogP contribution in [0.15, 0.2) is 121 Å². The standard InChI is InChI=1S/C38H26S/c1-23-7-11-25(12-8-23)29-17-15-27-16-18-31-33(26-13-9-24(2)10-14-26)22-34(32-20-19-30(29)37(27)38(31)32)36-21-28-5-3-4-6-35(28)39-36/h3-22H,1-2H3. The molecule has 1 aromatic heterocycles. The van der Waals surface area contributed by atoms with Gasteiger partial charge in [0.2, 0.25) is 0 Å². The van der Waals surface area contributed by atoms with E-state index in [1.165, 1.54) is 86.2 Å². The first-order valence-electron chi connectivity index (χ1n) is 13.5. The molecule has 0 aliphatic heterocycles. The molecule has 0 fully saturated rings. The largest absolute Gasteiger partial charge is 0.135 e. The first kappa shape index (κ1) is 22.5. The molecule has 0 bridgehead atoms. The van der Waals surface area contributed by atoms with E-state index in [1.807, 2.05) is 11.3 Å². The summed E-state index contributed by atoms with van der Waals surface area (Å²) in [5, 5.41) is 9.29. The number of hydrogen-bond acceptors (Lipinski definition) is 1. The van der Waals surface area contributed by atoms with Gasteiger partial charge < -0.3 is 0 Å². The number of fused-ring (bicyclic) bond motifs is 1. The Balaban J connectivity index is 1.52. The van der Waals surface area contributed by atoms with Crippen molar-refractivity contribution in [3.63, 3.8) is 0 Å². The summed E-state index contributed by atoms with van der Waals surface area (Å²) in [7, 11) is 0. The summed E-state index contributed by atoms with van der Waals surface area (Å²) in [5.74, 6) is 0. The fourth-order valence-electron chi connectivity index (χ4n) is 6.17. The van der Waals surface area contributed by atoms with Gasteiger partial charge in [0.05, 0.1) is 0 Å². The second-order valence-electron chi connectivity index (χ2n) is 10.7. The minimum absolute atomic E-state index is 1.26. The molecule has 1 heteroatoms. The molecule has 8 rings (SSSR count). The normalized spacial score (nSPS) is 11.8. The van der Waals surface area contributed by atoms with Crippen molar-refractivity contribution in [3.8, 4) is 32.7 Å². The van der Waals surface area contributed by atoms with E-state index in [0.29, 0.717) is 0 Å². The van der Waals surface area contributed by atoms with Gasteiger partial charge in [-0.25, -0.2) is 0 Å². The quantitative estimate of drug-likeness (QED) is 0.206. The average molecular weight is 515 g/mol. The fraction of sp³-hybridized carbons (Fsp3) is 0.0526. The second-order valence-corrected chi connectivity index (χ2v) is 11.8. The van der Waals surface area contributed by atoms with E-state index in [1.54, 1.807) is 0 Å². The monoisotopic (exact) mass is 514 g/mol. The van der Waals surface area contributed by atoms with Crippen molar-refractivity contribution < 1.29 is 0 Å². The van der Waals surface area contributed by atoms with Gasteiger partial charge in [-0.1, -0.05) is 114 Å². The van der Waals surface area contributed by atoms with Gasteiger partial charge in [-0.15, -0.1) is 11.3 Å². The minimum Gasteiger partial charge on any atom is -0.135 e. The highest BCUT2D eigenvalue weighted by atomic mass is 32.1. The van der Waals surface area contributed by atoms with Crippen molar-refractivity contribution in [2.24, 2.45) is 0 Å². The van der Waals surface area contributed by atoms with Crippen LogP contribution in [0.5, 0.6) is 0 Å². The zero-order valence-corrected chi connectivity index (χ0v) is 22.8. The number of rotatable bonds is 3.